The van der Waals surface area contributed by atoms with Gasteiger partial charge in [-0.2, -0.15) is 0 Å². The lowest BCUT2D eigenvalue weighted by molar-refractivity contribution is -0.128. The second kappa shape index (κ2) is 17.1. The maximum Gasteiger partial charge on any atom is 0.220 e. The summed E-state index contributed by atoms with van der Waals surface area (Å²) in [4.78, 5) is 24.6. The number of carbonyl (C=O) groups is 2. The molecule has 0 spiro atoms. The first kappa shape index (κ1) is 23.2. The van der Waals surface area contributed by atoms with Crippen LogP contribution in [0.1, 0.15) is 54.4 Å². The lowest BCUT2D eigenvalue weighted by atomic mass is 10.0. The van der Waals surface area contributed by atoms with Gasteiger partial charge in [0, 0.05) is 31.8 Å². The van der Waals surface area contributed by atoms with Gasteiger partial charge >= 0.3 is 0 Å². The topological polar surface area (TPSA) is 49.4 Å². The molecule has 4 heteroatoms. The van der Waals surface area contributed by atoms with E-state index in [4.69, 9.17) is 0 Å². The predicted octanol–water partition coefficient (Wildman–Crippen LogP) is 2.72. The molecule has 1 unspecified atom stereocenters. The number of amides is 1. The van der Waals surface area contributed by atoms with E-state index in [-0.39, 0.29) is 17.6 Å². The van der Waals surface area contributed by atoms with Gasteiger partial charge in [0.05, 0.1) is 0 Å². The quantitative estimate of drug-likeness (QED) is 0.776. The molecule has 116 valence electrons. The Labute approximate surface area is 119 Å². The molecule has 0 rings (SSSR count). The van der Waals surface area contributed by atoms with Crippen LogP contribution in [0.2, 0.25) is 0 Å². The molecular formula is C15H34N2O2. The Hall–Kier alpha value is -0.900. The van der Waals surface area contributed by atoms with Crippen LogP contribution in [0.15, 0.2) is 0 Å². The third-order valence-electron chi connectivity index (χ3n) is 2.27. The van der Waals surface area contributed by atoms with Crippen LogP contribution in [0, 0.1) is 5.92 Å². The van der Waals surface area contributed by atoms with Gasteiger partial charge in [-0.1, -0.05) is 41.5 Å². The SMILES string of the molecule is CC.CC.CCC(=O)C(C)CC(=O)NCCN(C)C. The van der Waals surface area contributed by atoms with Crippen LogP contribution in [0.5, 0.6) is 0 Å². The highest BCUT2D eigenvalue weighted by Crippen LogP contribution is 2.05. The molecule has 0 aliphatic heterocycles. The lowest BCUT2D eigenvalue weighted by Crippen LogP contribution is -2.32. The molecule has 4 nitrogen and oxygen atoms in total. The van der Waals surface area contributed by atoms with Crippen molar-refractivity contribution in [3.63, 3.8) is 0 Å². The summed E-state index contributed by atoms with van der Waals surface area (Å²) >= 11 is 0. The van der Waals surface area contributed by atoms with Gasteiger partial charge in [0.1, 0.15) is 5.78 Å². The average molecular weight is 274 g/mol. The van der Waals surface area contributed by atoms with Crippen LogP contribution >= 0.6 is 0 Å². The first-order valence-corrected chi connectivity index (χ1v) is 7.41. The van der Waals surface area contributed by atoms with Crippen molar-refractivity contribution in [2.75, 3.05) is 27.2 Å². The fourth-order valence-corrected chi connectivity index (χ4v) is 1.23. The second-order valence-electron chi connectivity index (χ2n) is 4.08. The van der Waals surface area contributed by atoms with E-state index in [9.17, 15) is 9.59 Å². The fourth-order valence-electron chi connectivity index (χ4n) is 1.23. The minimum atomic E-state index is -0.158. The average Bonchev–Trinajstić information content (AvgIpc) is 2.41. The largest absolute Gasteiger partial charge is 0.355 e. The third kappa shape index (κ3) is 17.1. The van der Waals surface area contributed by atoms with Gasteiger partial charge in [0.25, 0.3) is 0 Å². The molecule has 0 aromatic rings. The Morgan fingerprint density at radius 3 is 1.95 bits per heavy atom. The van der Waals surface area contributed by atoms with Gasteiger partial charge in [-0.25, -0.2) is 0 Å². The van der Waals surface area contributed by atoms with Crippen LogP contribution in [0.25, 0.3) is 0 Å². The van der Waals surface area contributed by atoms with Crippen molar-refractivity contribution in [3.05, 3.63) is 0 Å². The standard InChI is InChI=1S/C11H22N2O2.2C2H6/c1-5-10(14)9(2)8-11(15)12-6-7-13(3)4;2*1-2/h9H,5-8H2,1-4H3,(H,12,15);2*1-2H3. The Bertz CT molecular complexity index is 216. The first-order chi connectivity index (χ1) is 8.97. The van der Waals surface area contributed by atoms with Crippen molar-refractivity contribution in [2.45, 2.75) is 54.4 Å². The molecule has 0 aliphatic rings. The van der Waals surface area contributed by atoms with Crippen molar-refractivity contribution in [3.8, 4) is 0 Å². The molecule has 1 N–H and O–H groups in total. The third-order valence-corrected chi connectivity index (χ3v) is 2.27. The molecule has 0 aromatic heterocycles. The smallest absolute Gasteiger partial charge is 0.220 e. The van der Waals surface area contributed by atoms with Gasteiger partial charge in [0.2, 0.25) is 5.91 Å². The number of likely N-dealkylation sites (N-methyl/N-ethyl adjacent to an activating group) is 1. The highest BCUT2D eigenvalue weighted by Gasteiger charge is 2.14. The van der Waals surface area contributed by atoms with E-state index in [0.29, 0.717) is 19.4 Å². The first-order valence-electron chi connectivity index (χ1n) is 7.41. The molecule has 0 bridgehead atoms. The van der Waals surface area contributed by atoms with E-state index in [1.54, 1.807) is 6.92 Å². The zero-order valence-electron chi connectivity index (χ0n) is 14.2. The molecule has 19 heavy (non-hydrogen) atoms. The minimum Gasteiger partial charge on any atom is -0.355 e. The number of carbonyl (C=O) groups excluding carboxylic acids is 2. The Kier molecular flexibility index (Phi) is 20.9. The van der Waals surface area contributed by atoms with Crippen molar-refractivity contribution in [1.29, 1.82) is 0 Å². The Morgan fingerprint density at radius 2 is 1.58 bits per heavy atom. The van der Waals surface area contributed by atoms with E-state index in [2.05, 4.69) is 5.32 Å². The highest BCUT2D eigenvalue weighted by atomic mass is 16.2. The molecule has 1 atom stereocenters. The monoisotopic (exact) mass is 274 g/mol. The van der Waals surface area contributed by atoms with E-state index in [1.165, 1.54) is 0 Å². The number of nitrogens with zero attached hydrogens (tertiary/aromatic N) is 1. The summed E-state index contributed by atoms with van der Waals surface area (Å²) in [5, 5.41) is 2.79. The normalized spacial score (nSPS) is 10.6. The van der Waals surface area contributed by atoms with Gasteiger partial charge in [-0.3, -0.25) is 9.59 Å². The number of rotatable bonds is 7. The maximum atomic E-state index is 11.4. The zero-order valence-corrected chi connectivity index (χ0v) is 14.2. The van der Waals surface area contributed by atoms with E-state index in [0.717, 1.165) is 6.54 Å². The summed E-state index contributed by atoms with van der Waals surface area (Å²) in [5.41, 5.74) is 0. The van der Waals surface area contributed by atoms with Gasteiger partial charge < -0.3 is 10.2 Å². The number of Topliss-reactive ketones (excluding diaryl/α,β-unsaturated/α-hetero) is 1. The number of hydrogen-bond donors (Lipinski definition) is 1. The Balaban J connectivity index is -0.000000579. The summed E-state index contributed by atoms with van der Waals surface area (Å²) in [7, 11) is 3.91. The molecule has 0 radical (unpaired) electrons. The van der Waals surface area contributed by atoms with Crippen molar-refractivity contribution >= 4 is 11.7 Å². The molecule has 0 saturated carbocycles. The molecule has 1 amide bonds. The van der Waals surface area contributed by atoms with Crippen LogP contribution in [-0.4, -0.2) is 43.8 Å². The molecule has 0 heterocycles. The molecular weight excluding hydrogens is 240 g/mol. The number of ketones is 1. The lowest BCUT2D eigenvalue weighted by Gasteiger charge is -2.12. The molecule has 0 aliphatic carbocycles. The maximum absolute atomic E-state index is 11.4. The van der Waals surface area contributed by atoms with Gasteiger partial charge in [-0.05, 0) is 14.1 Å². The number of nitrogens with one attached hydrogen (secondary N) is 1. The second-order valence-corrected chi connectivity index (χ2v) is 4.08. The van der Waals surface area contributed by atoms with Crippen LogP contribution in [0.4, 0.5) is 0 Å². The van der Waals surface area contributed by atoms with Crippen LogP contribution in [-0.2, 0) is 9.59 Å². The fraction of sp³-hybridized carbons (Fsp3) is 0.867. The molecule has 0 aromatic carbocycles. The molecule has 0 saturated heterocycles. The van der Waals surface area contributed by atoms with Gasteiger partial charge in [-0.15, -0.1) is 0 Å². The van der Waals surface area contributed by atoms with Gasteiger partial charge in [0.15, 0.2) is 0 Å². The van der Waals surface area contributed by atoms with Crippen molar-refractivity contribution in [1.82, 2.24) is 10.2 Å². The minimum absolute atomic E-state index is 0.0360. The van der Waals surface area contributed by atoms with Crippen LogP contribution in [0.3, 0.4) is 0 Å². The van der Waals surface area contributed by atoms with Crippen molar-refractivity contribution < 1.29 is 9.59 Å². The van der Waals surface area contributed by atoms with E-state index >= 15 is 0 Å². The van der Waals surface area contributed by atoms with E-state index in [1.807, 2.05) is 53.6 Å². The van der Waals surface area contributed by atoms with Crippen LogP contribution < -0.4 is 5.32 Å². The van der Waals surface area contributed by atoms with E-state index < -0.39 is 0 Å². The molecule has 0 fully saturated rings. The number of hydrogen-bond acceptors (Lipinski definition) is 3. The summed E-state index contributed by atoms with van der Waals surface area (Å²) in [6.45, 7) is 13.1. The summed E-state index contributed by atoms with van der Waals surface area (Å²) in [6.07, 6.45) is 0.812. The summed E-state index contributed by atoms with van der Waals surface area (Å²) < 4.78 is 0. The predicted molar refractivity (Wildman–Crippen MR) is 83.3 cm³/mol. The highest BCUT2D eigenvalue weighted by molar-refractivity contribution is 5.86. The Morgan fingerprint density at radius 1 is 1.11 bits per heavy atom. The summed E-state index contributed by atoms with van der Waals surface area (Å²) in [6, 6.07) is 0. The van der Waals surface area contributed by atoms with Crippen molar-refractivity contribution in [2.24, 2.45) is 5.92 Å². The summed E-state index contributed by atoms with van der Waals surface area (Å²) in [5.74, 6) is -0.0433. The zero-order chi connectivity index (χ0) is 15.8.